The topological polar surface area (TPSA) is 35.5 Å². The maximum atomic E-state index is 12.4. The third-order valence-corrected chi connectivity index (χ3v) is 4.42. The number of methoxy groups -OCH3 is 2. The van der Waals surface area contributed by atoms with E-state index in [1.165, 1.54) is 11.8 Å². The van der Waals surface area contributed by atoms with Crippen molar-refractivity contribution >= 4 is 29.1 Å². The minimum atomic E-state index is -0.0318. The smallest absolute Gasteiger partial charge is 0.176 e. The minimum Gasteiger partial charge on any atom is -0.497 e. The summed E-state index contributed by atoms with van der Waals surface area (Å²) in [5.41, 5.74) is 0.511. The average Bonchev–Trinajstić information content (AvgIpc) is 2.53. The number of ketones is 1. The van der Waals surface area contributed by atoms with Gasteiger partial charge >= 0.3 is 0 Å². The SMILES string of the molecule is COc1ccc(OC)c(C(=O)CSc2ccccc2Cl)c1. The molecule has 0 N–H and O–H groups in total. The molecule has 0 aromatic heterocycles. The van der Waals surface area contributed by atoms with Crippen LogP contribution in [0.25, 0.3) is 0 Å². The van der Waals surface area contributed by atoms with E-state index in [0.29, 0.717) is 22.1 Å². The van der Waals surface area contributed by atoms with E-state index in [2.05, 4.69) is 0 Å². The van der Waals surface area contributed by atoms with Crippen LogP contribution in [0.3, 0.4) is 0 Å². The molecule has 0 saturated heterocycles. The van der Waals surface area contributed by atoms with Crippen molar-refractivity contribution in [3.8, 4) is 11.5 Å². The van der Waals surface area contributed by atoms with Crippen LogP contribution in [0.4, 0.5) is 0 Å². The predicted molar refractivity (Wildman–Crippen MR) is 86.1 cm³/mol. The van der Waals surface area contributed by atoms with Gasteiger partial charge in [0.05, 0.1) is 30.6 Å². The third-order valence-electron chi connectivity index (χ3n) is 2.90. The molecule has 5 heteroatoms. The molecule has 3 nitrogen and oxygen atoms in total. The van der Waals surface area contributed by atoms with E-state index in [1.807, 2.05) is 18.2 Å². The highest BCUT2D eigenvalue weighted by Crippen LogP contribution is 2.29. The van der Waals surface area contributed by atoms with Crippen LogP contribution < -0.4 is 9.47 Å². The molecular formula is C16H15ClO3S. The number of carbonyl (C=O) groups excluding carboxylic acids is 1. The maximum absolute atomic E-state index is 12.4. The molecule has 0 aliphatic heterocycles. The fraction of sp³-hybridized carbons (Fsp3) is 0.188. The van der Waals surface area contributed by atoms with Gasteiger partial charge in [-0.2, -0.15) is 0 Å². The molecule has 0 radical (unpaired) electrons. The van der Waals surface area contributed by atoms with Crippen LogP contribution in [-0.4, -0.2) is 25.8 Å². The summed E-state index contributed by atoms with van der Waals surface area (Å²) in [6.07, 6.45) is 0. The molecule has 0 aliphatic carbocycles. The molecule has 0 amide bonds. The molecule has 2 aromatic carbocycles. The molecule has 0 fully saturated rings. The lowest BCUT2D eigenvalue weighted by atomic mass is 10.1. The van der Waals surface area contributed by atoms with E-state index in [4.69, 9.17) is 21.1 Å². The number of ether oxygens (including phenoxy) is 2. The van der Waals surface area contributed by atoms with Crippen molar-refractivity contribution in [2.75, 3.05) is 20.0 Å². The molecule has 0 unspecified atom stereocenters. The summed E-state index contributed by atoms with van der Waals surface area (Å²) in [5.74, 6) is 1.42. The molecule has 0 heterocycles. The van der Waals surface area contributed by atoms with Crippen molar-refractivity contribution < 1.29 is 14.3 Å². The van der Waals surface area contributed by atoms with Gasteiger partial charge in [-0.25, -0.2) is 0 Å². The second kappa shape index (κ2) is 7.38. The van der Waals surface area contributed by atoms with E-state index in [9.17, 15) is 4.79 Å². The normalized spacial score (nSPS) is 10.2. The molecule has 0 spiro atoms. The van der Waals surface area contributed by atoms with E-state index >= 15 is 0 Å². The molecule has 2 rings (SSSR count). The quantitative estimate of drug-likeness (QED) is 0.585. The van der Waals surface area contributed by atoms with Gasteiger partial charge in [0.1, 0.15) is 11.5 Å². The number of hydrogen-bond donors (Lipinski definition) is 0. The number of hydrogen-bond acceptors (Lipinski definition) is 4. The van der Waals surface area contributed by atoms with Gasteiger partial charge in [0, 0.05) is 4.90 Å². The zero-order valence-corrected chi connectivity index (χ0v) is 13.3. The number of Topliss-reactive ketones (excluding diaryl/α,β-unsaturated/α-hetero) is 1. The number of halogens is 1. The van der Waals surface area contributed by atoms with Crippen molar-refractivity contribution in [1.82, 2.24) is 0 Å². The molecule has 110 valence electrons. The summed E-state index contributed by atoms with van der Waals surface area (Å²) < 4.78 is 10.4. The lowest BCUT2D eigenvalue weighted by Gasteiger charge is -2.10. The zero-order chi connectivity index (χ0) is 15.2. The number of rotatable bonds is 6. The Morgan fingerprint density at radius 3 is 2.57 bits per heavy atom. The Morgan fingerprint density at radius 1 is 1.14 bits per heavy atom. The lowest BCUT2D eigenvalue weighted by Crippen LogP contribution is -2.05. The van der Waals surface area contributed by atoms with Crippen LogP contribution in [-0.2, 0) is 0 Å². The van der Waals surface area contributed by atoms with E-state index < -0.39 is 0 Å². The first-order valence-electron chi connectivity index (χ1n) is 6.28. The van der Waals surface area contributed by atoms with Gasteiger partial charge in [0.2, 0.25) is 0 Å². The highest BCUT2D eigenvalue weighted by Gasteiger charge is 2.14. The fourth-order valence-corrected chi connectivity index (χ4v) is 2.94. The predicted octanol–water partition coefficient (Wildman–Crippen LogP) is 4.33. The second-order valence-electron chi connectivity index (χ2n) is 4.21. The second-order valence-corrected chi connectivity index (χ2v) is 5.63. The maximum Gasteiger partial charge on any atom is 0.176 e. The summed E-state index contributed by atoms with van der Waals surface area (Å²) in [6.45, 7) is 0. The molecule has 0 atom stereocenters. The van der Waals surface area contributed by atoms with Crippen LogP contribution in [0.1, 0.15) is 10.4 Å². The summed E-state index contributed by atoms with van der Waals surface area (Å²) in [7, 11) is 3.11. The van der Waals surface area contributed by atoms with Gasteiger partial charge < -0.3 is 9.47 Å². The van der Waals surface area contributed by atoms with Crippen molar-refractivity contribution in [3.63, 3.8) is 0 Å². The Balaban J connectivity index is 2.15. The Morgan fingerprint density at radius 2 is 1.90 bits per heavy atom. The van der Waals surface area contributed by atoms with Crippen LogP contribution in [0, 0.1) is 0 Å². The Hall–Kier alpha value is -1.65. The van der Waals surface area contributed by atoms with E-state index in [-0.39, 0.29) is 11.5 Å². The highest BCUT2D eigenvalue weighted by atomic mass is 35.5. The fourth-order valence-electron chi connectivity index (χ4n) is 1.81. The first-order valence-corrected chi connectivity index (χ1v) is 7.64. The number of thioether (sulfide) groups is 1. The Labute approximate surface area is 133 Å². The summed E-state index contributed by atoms with van der Waals surface area (Å²) in [5, 5.41) is 0.646. The van der Waals surface area contributed by atoms with Crippen LogP contribution >= 0.6 is 23.4 Å². The molecule has 0 saturated carbocycles. The standard InChI is InChI=1S/C16H15ClO3S/c1-19-11-7-8-15(20-2)12(9-11)14(18)10-21-16-6-4-3-5-13(16)17/h3-9H,10H2,1-2H3. The molecule has 0 bridgehead atoms. The van der Waals surface area contributed by atoms with Crippen molar-refractivity contribution in [2.45, 2.75) is 4.90 Å². The minimum absolute atomic E-state index is 0.0318. The molecule has 21 heavy (non-hydrogen) atoms. The molecule has 2 aromatic rings. The van der Waals surface area contributed by atoms with Gasteiger partial charge in [0.25, 0.3) is 0 Å². The van der Waals surface area contributed by atoms with Crippen LogP contribution in [0.5, 0.6) is 11.5 Å². The Bertz CT molecular complexity index is 643. The van der Waals surface area contributed by atoms with Crippen molar-refractivity contribution in [2.24, 2.45) is 0 Å². The Kier molecular flexibility index (Phi) is 5.53. The highest BCUT2D eigenvalue weighted by molar-refractivity contribution is 8.00. The molecule has 0 aliphatic rings. The first kappa shape index (κ1) is 15.7. The number of benzene rings is 2. The largest absolute Gasteiger partial charge is 0.497 e. The molecular weight excluding hydrogens is 308 g/mol. The summed E-state index contributed by atoms with van der Waals surface area (Å²) in [6, 6.07) is 12.6. The van der Waals surface area contributed by atoms with Gasteiger partial charge in [-0.3, -0.25) is 4.79 Å². The van der Waals surface area contributed by atoms with Gasteiger partial charge in [-0.1, -0.05) is 23.7 Å². The van der Waals surface area contributed by atoms with E-state index in [0.717, 1.165) is 4.90 Å². The lowest BCUT2D eigenvalue weighted by molar-refractivity contribution is 0.101. The van der Waals surface area contributed by atoms with Crippen molar-refractivity contribution in [3.05, 3.63) is 53.1 Å². The number of carbonyl (C=O) groups is 1. The van der Waals surface area contributed by atoms with Crippen LogP contribution in [0.2, 0.25) is 5.02 Å². The average molecular weight is 323 g/mol. The third kappa shape index (κ3) is 3.93. The van der Waals surface area contributed by atoms with Gasteiger partial charge in [-0.15, -0.1) is 11.8 Å². The summed E-state index contributed by atoms with van der Waals surface area (Å²) >= 11 is 7.49. The summed E-state index contributed by atoms with van der Waals surface area (Å²) in [4.78, 5) is 13.3. The van der Waals surface area contributed by atoms with E-state index in [1.54, 1.807) is 38.5 Å². The first-order chi connectivity index (χ1) is 10.2. The monoisotopic (exact) mass is 322 g/mol. The van der Waals surface area contributed by atoms with Crippen LogP contribution in [0.15, 0.2) is 47.4 Å². The van der Waals surface area contributed by atoms with Crippen molar-refractivity contribution in [1.29, 1.82) is 0 Å². The van der Waals surface area contributed by atoms with Gasteiger partial charge in [-0.05, 0) is 30.3 Å². The zero-order valence-electron chi connectivity index (χ0n) is 11.8. The van der Waals surface area contributed by atoms with Gasteiger partial charge in [0.15, 0.2) is 5.78 Å².